The SMILES string of the molecule is CO[C@H]1C[C@@H]2CC[C@@H](C)C(O2)C(=O)C(=O)N2CCCCC2C(=O)O[C@H]([C@H](C)CC2CC[C@@H](OP(C)(C)=O)[C@H](OC)C2)CC(=O)[C@H](C)/C=C(\C)C(O)[C@@H](OC)C(=O)[C@H](C)C[C@H](C)/C=C/C=CC=C1C. The number of piperidine rings is 1. The van der Waals surface area contributed by atoms with Crippen LogP contribution in [0.1, 0.15) is 126 Å². The number of amides is 1. The average molecular weight is 974 g/mol. The molecule has 15 atom stereocenters. The molecule has 384 valence electrons. The Balaban J connectivity index is 1.68. The summed E-state index contributed by atoms with van der Waals surface area (Å²) in [5.41, 5.74) is 1.36. The van der Waals surface area contributed by atoms with Crippen molar-refractivity contribution in [3.8, 4) is 0 Å². The zero-order chi connectivity index (χ0) is 50.5. The normalized spacial score (nSPS) is 37.1. The van der Waals surface area contributed by atoms with Crippen LogP contribution in [-0.4, -0.2) is 135 Å². The maximum Gasteiger partial charge on any atom is 0.329 e. The first-order valence-electron chi connectivity index (χ1n) is 25.1. The van der Waals surface area contributed by atoms with E-state index in [1.54, 1.807) is 47.5 Å². The minimum absolute atomic E-state index is 0.0387. The molecule has 0 spiro atoms. The van der Waals surface area contributed by atoms with Crippen molar-refractivity contribution < 1.29 is 61.9 Å². The number of aliphatic hydroxyl groups excluding tert-OH is 1. The van der Waals surface area contributed by atoms with Crippen LogP contribution in [0.2, 0.25) is 0 Å². The lowest BCUT2D eigenvalue weighted by Gasteiger charge is -2.39. The molecule has 4 unspecified atom stereocenters. The third-order valence-electron chi connectivity index (χ3n) is 14.7. The van der Waals surface area contributed by atoms with E-state index in [-0.39, 0.29) is 72.6 Å². The van der Waals surface area contributed by atoms with Gasteiger partial charge in [0, 0.05) is 65.9 Å². The van der Waals surface area contributed by atoms with Crippen LogP contribution in [0.3, 0.4) is 0 Å². The monoisotopic (exact) mass is 974 g/mol. The number of nitrogens with zero attached hydrogens (tertiary/aromatic N) is 1. The van der Waals surface area contributed by atoms with Crippen molar-refractivity contribution in [2.24, 2.45) is 35.5 Å². The first-order chi connectivity index (χ1) is 32.1. The van der Waals surface area contributed by atoms with Gasteiger partial charge < -0.3 is 38.2 Å². The van der Waals surface area contributed by atoms with Gasteiger partial charge in [0.2, 0.25) is 5.78 Å². The van der Waals surface area contributed by atoms with Gasteiger partial charge in [0.1, 0.15) is 36.2 Å². The summed E-state index contributed by atoms with van der Waals surface area (Å²) in [5, 5.41) is 11.5. The Morgan fingerprint density at radius 1 is 0.838 bits per heavy atom. The van der Waals surface area contributed by atoms with Gasteiger partial charge >= 0.3 is 5.97 Å². The van der Waals surface area contributed by atoms with Gasteiger partial charge in [-0.3, -0.25) is 23.7 Å². The zero-order valence-corrected chi connectivity index (χ0v) is 44.0. The molecule has 3 aliphatic heterocycles. The van der Waals surface area contributed by atoms with Gasteiger partial charge in [-0.05, 0) is 113 Å². The number of aliphatic hydroxyl groups is 1. The molecule has 1 amide bonds. The van der Waals surface area contributed by atoms with Crippen LogP contribution >= 0.6 is 7.37 Å². The lowest BCUT2D eigenvalue weighted by atomic mass is 9.78. The van der Waals surface area contributed by atoms with Crippen molar-refractivity contribution in [2.75, 3.05) is 41.2 Å². The quantitative estimate of drug-likeness (QED) is 0.106. The maximum atomic E-state index is 14.5. The number of carbonyl (C=O) groups is 5. The number of cyclic esters (lactones) is 1. The molecule has 0 radical (unpaired) electrons. The molecular weight excluding hydrogens is 890 g/mol. The maximum absolute atomic E-state index is 14.5. The third kappa shape index (κ3) is 16.5. The molecule has 1 saturated carbocycles. The number of hydrogen-bond donors (Lipinski definition) is 1. The van der Waals surface area contributed by atoms with Crippen LogP contribution in [0, 0.1) is 35.5 Å². The zero-order valence-electron chi connectivity index (χ0n) is 43.1. The number of fused-ring (bicyclic) bond motifs is 3. The number of ether oxygens (including phenoxy) is 5. The van der Waals surface area contributed by atoms with E-state index in [1.165, 1.54) is 12.0 Å². The number of ketones is 3. The van der Waals surface area contributed by atoms with Crippen molar-refractivity contribution in [3.05, 3.63) is 47.6 Å². The van der Waals surface area contributed by atoms with Crippen molar-refractivity contribution >= 4 is 36.6 Å². The Kier molecular flexibility index (Phi) is 22.8. The Bertz CT molecular complexity index is 1890. The molecule has 2 saturated heterocycles. The van der Waals surface area contributed by atoms with E-state index in [2.05, 4.69) is 0 Å². The molecule has 4 rings (SSSR count). The van der Waals surface area contributed by atoms with Crippen molar-refractivity contribution in [1.82, 2.24) is 4.90 Å². The van der Waals surface area contributed by atoms with Gasteiger partial charge in [-0.25, -0.2) is 4.79 Å². The van der Waals surface area contributed by atoms with E-state index < -0.39 is 67.3 Å². The molecule has 14 nitrogen and oxygen atoms in total. The Hall–Kier alpha value is -3.10. The third-order valence-corrected chi connectivity index (χ3v) is 15.4. The van der Waals surface area contributed by atoms with Gasteiger partial charge in [-0.15, -0.1) is 0 Å². The highest BCUT2D eigenvalue weighted by Gasteiger charge is 2.44. The van der Waals surface area contributed by atoms with Crippen LogP contribution in [0.15, 0.2) is 47.6 Å². The van der Waals surface area contributed by atoms with Crippen LogP contribution in [0.5, 0.6) is 0 Å². The van der Waals surface area contributed by atoms with Crippen LogP contribution in [-0.2, 0) is 56.7 Å². The van der Waals surface area contributed by atoms with E-state index in [1.807, 2.05) is 65.0 Å². The fourth-order valence-corrected chi connectivity index (χ4v) is 11.4. The summed E-state index contributed by atoms with van der Waals surface area (Å²) in [7, 11) is 1.86. The lowest BCUT2D eigenvalue weighted by molar-refractivity contribution is -0.170. The lowest BCUT2D eigenvalue weighted by Crippen LogP contribution is -2.55. The highest BCUT2D eigenvalue weighted by molar-refractivity contribution is 7.57. The van der Waals surface area contributed by atoms with Gasteiger partial charge in [0.25, 0.3) is 5.91 Å². The molecule has 1 aliphatic carbocycles. The molecule has 15 heteroatoms. The number of Topliss-reactive ketones (excluding diaryl/α,β-unsaturated/α-hetero) is 3. The second-order valence-corrected chi connectivity index (χ2v) is 23.5. The van der Waals surface area contributed by atoms with Gasteiger partial charge in [-0.1, -0.05) is 71.1 Å². The standard InChI is InChI=1S/C53H84NO13P/c1-32-18-14-13-15-19-33(2)44(62-8)30-40-23-21-34(3)50(65-40)49(58)52(59)54-25-17-16-20-41(54)53(60)66-45(36(5)28-39-22-24-43(46(29-39)63-9)67-68(11,12)61)31-42(55)35(4)27-38(7)48(57)51(64-10)47(56)37(6)26-32/h13-15,18-19,27,32,34-37,39-41,43-46,48,50-51,57H,16-17,20-26,28-31H2,1-12H3/b15-13?,18-14+,33-19?,38-27+/t32-,34-,35-,36-,37-,39?,40+,41?,43-,44+,45+,46-,48?,50?,51+/m1/s1. The van der Waals surface area contributed by atoms with Crippen LogP contribution in [0.25, 0.3) is 0 Å². The summed E-state index contributed by atoms with van der Waals surface area (Å²) in [6.45, 7) is 16.4. The Morgan fingerprint density at radius 3 is 2.22 bits per heavy atom. The number of hydrogen-bond acceptors (Lipinski definition) is 13. The predicted molar refractivity (Wildman–Crippen MR) is 262 cm³/mol. The minimum Gasteiger partial charge on any atom is -0.460 e. The molecule has 3 fully saturated rings. The fraction of sp³-hybridized carbons (Fsp3) is 0.755. The summed E-state index contributed by atoms with van der Waals surface area (Å²) in [6, 6.07) is -1.03. The first kappa shape index (κ1) is 57.5. The van der Waals surface area contributed by atoms with E-state index in [0.717, 1.165) is 12.0 Å². The number of esters is 1. The number of carbonyl (C=O) groups excluding carboxylic acids is 5. The fourth-order valence-electron chi connectivity index (χ4n) is 10.5. The van der Waals surface area contributed by atoms with Crippen molar-refractivity contribution in [2.45, 2.75) is 180 Å². The second-order valence-electron chi connectivity index (χ2n) is 20.8. The molecule has 0 aromatic carbocycles. The minimum atomic E-state index is -2.77. The van der Waals surface area contributed by atoms with E-state index in [4.69, 9.17) is 28.2 Å². The number of allylic oxidation sites excluding steroid dienone is 6. The smallest absolute Gasteiger partial charge is 0.329 e. The summed E-state index contributed by atoms with van der Waals surface area (Å²) < 4.78 is 48.6. The molecule has 68 heavy (non-hydrogen) atoms. The van der Waals surface area contributed by atoms with Crippen molar-refractivity contribution in [1.29, 1.82) is 0 Å². The summed E-state index contributed by atoms with van der Waals surface area (Å²) >= 11 is 0. The highest BCUT2D eigenvalue weighted by Crippen LogP contribution is 2.44. The first-order valence-corrected chi connectivity index (χ1v) is 27.6. The summed E-state index contributed by atoms with van der Waals surface area (Å²) in [4.78, 5) is 72.2. The van der Waals surface area contributed by atoms with E-state index in [0.29, 0.717) is 69.8 Å². The van der Waals surface area contributed by atoms with Crippen LogP contribution in [0.4, 0.5) is 0 Å². The predicted octanol–water partition coefficient (Wildman–Crippen LogP) is 8.42. The Morgan fingerprint density at radius 2 is 1.56 bits per heavy atom. The molecule has 4 aliphatic rings. The van der Waals surface area contributed by atoms with Crippen molar-refractivity contribution in [3.63, 3.8) is 0 Å². The van der Waals surface area contributed by atoms with Crippen LogP contribution < -0.4 is 0 Å². The molecule has 2 bridgehead atoms. The molecule has 1 N–H and O–H groups in total. The molecule has 0 aromatic rings. The average Bonchev–Trinajstić information content (AvgIpc) is 3.29. The topological polar surface area (TPSA) is 181 Å². The van der Waals surface area contributed by atoms with E-state index in [9.17, 15) is 33.6 Å². The molecular formula is C53H84NO13P. The summed E-state index contributed by atoms with van der Waals surface area (Å²) in [5.74, 6) is -4.16. The number of rotatable bonds is 8. The number of methoxy groups -OCH3 is 3. The largest absolute Gasteiger partial charge is 0.460 e. The molecule has 3 heterocycles. The van der Waals surface area contributed by atoms with Gasteiger partial charge in [0.05, 0.1) is 24.4 Å². The van der Waals surface area contributed by atoms with E-state index >= 15 is 0 Å². The second kappa shape index (κ2) is 26.9. The van der Waals surface area contributed by atoms with Gasteiger partial charge in [0.15, 0.2) is 13.2 Å². The Labute approximate surface area is 406 Å². The van der Waals surface area contributed by atoms with Gasteiger partial charge in [-0.2, -0.15) is 0 Å². The molecule has 0 aromatic heterocycles. The summed E-state index contributed by atoms with van der Waals surface area (Å²) in [6.07, 6.45) is 12.2. The highest BCUT2D eigenvalue weighted by atomic mass is 31.2.